The minimum Gasteiger partial charge on any atom is -0.488 e. The molecular weight excluding hydrogens is 474 g/mol. The normalized spacial score (nSPS) is 16.9. The molecule has 1 N–H and O–H groups in total. The molecule has 38 heavy (non-hydrogen) atoms. The van der Waals surface area contributed by atoms with Crippen LogP contribution in [0.25, 0.3) is 11.4 Å². The standard InChI is InChI=1S/C31H33N5O2/c1-35-30(27-17-15-24-14-16-26(24)28(27)38-21-23-11-6-3-7-12-23)34-33-29(31(35)37)32-25-13-8-18-36(20-25)19-22-9-4-2-5-10-22/h2-7,9-12,15,17,25H,8,13-14,16,18-21H2,1H3,(H,32,33)/t25-/m1/s1. The lowest BCUT2D eigenvalue weighted by molar-refractivity contribution is 0.208. The third-order valence-corrected chi connectivity index (χ3v) is 7.63. The van der Waals surface area contributed by atoms with E-state index >= 15 is 0 Å². The van der Waals surface area contributed by atoms with Gasteiger partial charge in [0.1, 0.15) is 12.4 Å². The summed E-state index contributed by atoms with van der Waals surface area (Å²) in [5, 5.41) is 12.3. The van der Waals surface area contributed by atoms with E-state index < -0.39 is 0 Å². The molecule has 1 aliphatic carbocycles. The molecule has 4 aromatic rings. The summed E-state index contributed by atoms with van der Waals surface area (Å²) in [5.74, 6) is 1.64. The van der Waals surface area contributed by atoms with E-state index in [2.05, 4.69) is 62.9 Å². The van der Waals surface area contributed by atoms with Gasteiger partial charge in [0, 0.05) is 26.2 Å². The van der Waals surface area contributed by atoms with Crippen LogP contribution in [0.1, 0.15) is 35.1 Å². The number of hydrogen-bond donors (Lipinski definition) is 1. The topological polar surface area (TPSA) is 72.3 Å². The highest BCUT2D eigenvalue weighted by Crippen LogP contribution is 2.39. The van der Waals surface area contributed by atoms with Crippen LogP contribution >= 0.6 is 0 Å². The van der Waals surface area contributed by atoms with Crippen LogP contribution in [0.3, 0.4) is 0 Å². The number of anilines is 1. The molecule has 0 amide bonds. The third-order valence-electron chi connectivity index (χ3n) is 7.63. The quantitative estimate of drug-likeness (QED) is 0.376. The Morgan fingerprint density at radius 1 is 0.947 bits per heavy atom. The molecule has 0 unspecified atom stereocenters. The highest BCUT2D eigenvalue weighted by Gasteiger charge is 2.26. The molecule has 0 spiro atoms. The first-order chi connectivity index (χ1) is 18.7. The van der Waals surface area contributed by atoms with Crippen LogP contribution < -0.4 is 15.6 Å². The summed E-state index contributed by atoms with van der Waals surface area (Å²) in [4.78, 5) is 15.8. The number of piperidine rings is 1. The fourth-order valence-electron chi connectivity index (χ4n) is 5.47. The van der Waals surface area contributed by atoms with Gasteiger partial charge in [-0.25, -0.2) is 0 Å². The lowest BCUT2D eigenvalue weighted by atomic mass is 9.86. The van der Waals surface area contributed by atoms with Gasteiger partial charge in [-0.2, -0.15) is 0 Å². The van der Waals surface area contributed by atoms with E-state index in [0.29, 0.717) is 18.2 Å². The van der Waals surface area contributed by atoms with Gasteiger partial charge in [-0.05, 0) is 60.5 Å². The monoisotopic (exact) mass is 507 g/mol. The van der Waals surface area contributed by atoms with Crippen LogP contribution in [0.2, 0.25) is 0 Å². The summed E-state index contributed by atoms with van der Waals surface area (Å²) < 4.78 is 7.94. The molecule has 194 valence electrons. The van der Waals surface area contributed by atoms with Crippen molar-refractivity contribution < 1.29 is 4.74 Å². The number of aromatic nitrogens is 3. The first kappa shape index (κ1) is 24.4. The van der Waals surface area contributed by atoms with Gasteiger partial charge in [-0.15, -0.1) is 10.2 Å². The predicted molar refractivity (Wildman–Crippen MR) is 149 cm³/mol. The van der Waals surface area contributed by atoms with Crippen LogP contribution in [0.15, 0.2) is 77.6 Å². The summed E-state index contributed by atoms with van der Waals surface area (Å²) in [6, 6.07) is 24.9. The SMILES string of the molecule is Cn1c(-c2ccc3c(c2OCc2ccccc2)CC3)nnc(N[C@@H]2CCCN(Cc3ccccc3)C2)c1=O. The number of hydrogen-bond acceptors (Lipinski definition) is 6. The predicted octanol–water partition coefficient (Wildman–Crippen LogP) is 4.60. The Hall–Kier alpha value is -3.97. The average molecular weight is 508 g/mol. The van der Waals surface area contributed by atoms with Crippen molar-refractivity contribution in [1.82, 2.24) is 19.7 Å². The first-order valence-corrected chi connectivity index (χ1v) is 13.4. The van der Waals surface area contributed by atoms with Crippen molar-refractivity contribution in [1.29, 1.82) is 0 Å². The number of likely N-dealkylation sites (tertiary alicyclic amines) is 1. The van der Waals surface area contributed by atoms with Gasteiger partial charge < -0.3 is 10.1 Å². The van der Waals surface area contributed by atoms with Crippen LogP contribution in [0.5, 0.6) is 5.75 Å². The molecule has 7 heteroatoms. The molecular formula is C31H33N5O2. The molecule has 1 fully saturated rings. The Bertz CT molecular complexity index is 1470. The second kappa shape index (κ2) is 10.8. The van der Waals surface area contributed by atoms with E-state index in [1.807, 2.05) is 30.3 Å². The third kappa shape index (κ3) is 5.07. The zero-order valence-corrected chi connectivity index (χ0v) is 21.8. The van der Waals surface area contributed by atoms with Crippen molar-refractivity contribution in [3.63, 3.8) is 0 Å². The number of fused-ring (bicyclic) bond motifs is 1. The van der Waals surface area contributed by atoms with E-state index in [0.717, 1.165) is 62.2 Å². The molecule has 1 aromatic heterocycles. The Labute approximate surface area is 223 Å². The Morgan fingerprint density at radius 3 is 2.45 bits per heavy atom. The highest BCUT2D eigenvalue weighted by molar-refractivity contribution is 5.70. The molecule has 1 atom stereocenters. The molecule has 2 aliphatic rings. The molecule has 0 saturated carbocycles. The van der Waals surface area contributed by atoms with Crippen molar-refractivity contribution in [3.8, 4) is 17.1 Å². The molecule has 1 aliphatic heterocycles. The number of benzene rings is 3. The fourth-order valence-corrected chi connectivity index (χ4v) is 5.47. The minimum atomic E-state index is -0.174. The van der Waals surface area contributed by atoms with E-state index in [1.54, 1.807) is 11.6 Å². The smallest absolute Gasteiger partial charge is 0.296 e. The van der Waals surface area contributed by atoms with Crippen molar-refractivity contribution in [2.45, 2.75) is 44.9 Å². The second-order valence-corrected chi connectivity index (χ2v) is 10.3. The molecule has 0 bridgehead atoms. The molecule has 2 heterocycles. The van der Waals surface area contributed by atoms with Gasteiger partial charge >= 0.3 is 0 Å². The molecule has 3 aromatic carbocycles. The maximum Gasteiger partial charge on any atom is 0.296 e. The zero-order chi connectivity index (χ0) is 25.9. The fraction of sp³-hybridized carbons (Fsp3) is 0.323. The number of nitrogens with one attached hydrogen (secondary N) is 1. The maximum atomic E-state index is 13.4. The molecule has 0 radical (unpaired) electrons. The van der Waals surface area contributed by atoms with Crippen molar-refractivity contribution in [2.24, 2.45) is 7.05 Å². The number of nitrogens with zero attached hydrogens (tertiary/aromatic N) is 4. The largest absolute Gasteiger partial charge is 0.488 e. The van der Waals surface area contributed by atoms with E-state index in [4.69, 9.17) is 4.74 Å². The maximum absolute atomic E-state index is 13.4. The zero-order valence-electron chi connectivity index (χ0n) is 21.8. The van der Waals surface area contributed by atoms with Gasteiger partial charge in [-0.1, -0.05) is 66.7 Å². The number of rotatable bonds is 8. The van der Waals surface area contributed by atoms with Crippen LogP contribution in [0, 0.1) is 0 Å². The second-order valence-electron chi connectivity index (χ2n) is 10.3. The van der Waals surface area contributed by atoms with Gasteiger partial charge in [0.2, 0.25) is 5.82 Å². The van der Waals surface area contributed by atoms with Gasteiger partial charge in [-0.3, -0.25) is 14.3 Å². The van der Waals surface area contributed by atoms with Crippen molar-refractivity contribution in [2.75, 3.05) is 18.4 Å². The molecule has 7 nitrogen and oxygen atoms in total. The van der Waals surface area contributed by atoms with Crippen molar-refractivity contribution in [3.05, 3.63) is 105 Å². The lowest BCUT2D eigenvalue weighted by Gasteiger charge is -2.33. The van der Waals surface area contributed by atoms with Crippen LogP contribution in [-0.2, 0) is 33.0 Å². The highest BCUT2D eigenvalue weighted by atomic mass is 16.5. The van der Waals surface area contributed by atoms with Gasteiger partial charge in [0.15, 0.2) is 5.82 Å². The van der Waals surface area contributed by atoms with E-state index in [-0.39, 0.29) is 11.6 Å². The summed E-state index contributed by atoms with van der Waals surface area (Å²) in [6.45, 7) is 3.29. The minimum absolute atomic E-state index is 0.154. The molecule has 1 saturated heterocycles. The molecule has 6 rings (SSSR count). The summed E-state index contributed by atoms with van der Waals surface area (Å²) in [6.07, 6.45) is 4.09. The number of aryl methyl sites for hydroxylation is 1. The van der Waals surface area contributed by atoms with Crippen LogP contribution in [0.4, 0.5) is 5.82 Å². The Balaban J connectivity index is 1.21. The average Bonchev–Trinajstić information content (AvgIpc) is 2.93. The lowest BCUT2D eigenvalue weighted by Crippen LogP contribution is -2.43. The summed E-state index contributed by atoms with van der Waals surface area (Å²) >= 11 is 0. The van der Waals surface area contributed by atoms with E-state index in [9.17, 15) is 4.79 Å². The summed E-state index contributed by atoms with van der Waals surface area (Å²) in [7, 11) is 1.76. The van der Waals surface area contributed by atoms with Gasteiger partial charge in [0.25, 0.3) is 5.56 Å². The Morgan fingerprint density at radius 2 is 1.71 bits per heavy atom. The van der Waals surface area contributed by atoms with Crippen LogP contribution in [-0.4, -0.2) is 38.8 Å². The van der Waals surface area contributed by atoms with Gasteiger partial charge in [0.05, 0.1) is 5.56 Å². The van der Waals surface area contributed by atoms with Crippen molar-refractivity contribution >= 4 is 5.82 Å². The first-order valence-electron chi connectivity index (χ1n) is 13.4. The summed E-state index contributed by atoms with van der Waals surface area (Å²) in [5.41, 5.74) is 5.54. The van der Waals surface area contributed by atoms with E-state index in [1.165, 1.54) is 16.7 Å². The Kier molecular flexibility index (Phi) is 6.92. The number of ether oxygens (including phenoxy) is 1.